The van der Waals surface area contributed by atoms with Crippen LogP contribution in [-0.4, -0.2) is 9.97 Å². The van der Waals surface area contributed by atoms with Crippen LogP contribution in [0.3, 0.4) is 0 Å². The van der Waals surface area contributed by atoms with Crippen LogP contribution in [0, 0.1) is 6.92 Å². The summed E-state index contributed by atoms with van der Waals surface area (Å²) in [5.74, 6) is 2.08. The minimum Gasteiger partial charge on any atom is -0.463 e. The summed E-state index contributed by atoms with van der Waals surface area (Å²) in [4.78, 5) is 9.42. The summed E-state index contributed by atoms with van der Waals surface area (Å²) >= 11 is 0. The Balaban J connectivity index is 1.98. The zero-order valence-corrected chi connectivity index (χ0v) is 12.6. The molecule has 4 aromatic rings. The third kappa shape index (κ3) is 2.44. The first-order chi connectivity index (χ1) is 11.3. The van der Waals surface area contributed by atoms with Crippen LogP contribution in [0.2, 0.25) is 0 Å². The van der Waals surface area contributed by atoms with E-state index in [0.717, 1.165) is 34.0 Å². The van der Waals surface area contributed by atoms with Crippen molar-refractivity contribution in [1.82, 2.24) is 9.97 Å². The summed E-state index contributed by atoms with van der Waals surface area (Å²) < 4.78 is 11.1. The summed E-state index contributed by atoms with van der Waals surface area (Å²) in [5.41, 5.74) is 3.42. The van der Waals surface area contributed by atoms with E-state index >= 15 is 0 Å². The summed E-state index contributed by atoms with van der Waals surface area (Å²) in [6.07, 6.45) is 3.29. The van der Waals surface area contributed by atoms with E-state index in [2.05, 4.69) is 0 Å². The van der Waals surface area contributed by atoms with E-state index in [1.807, 2.05) is 61.5 Å². The Labute approximate surface area is 133 Å². The van der Waals surface area contributed by atoms with Gasteiger partial charge in [0.05, 0.1) is 12.5 Å². The van der Waals surface area contributed by atoms with Gasteiger partial charge in [-0.25, -0.2) is 9.97 Å². The highest BCUT2D eigenvalue weighted by Gasteiger charge is 2.18. The standard InChI is InChI=1S/C19H14N2O2/c1-13-17(15-9-5-11-22-15)20-19(14-7-3-2-4-8-14)21-18(13)16-10-6-12-23-16/h2-12H,1H3. The zero-order valence-electron chi connectivity index (χ0n) is 12.6. The van der Waals surface area contributed by atoms with Gasteiger partial charge in [-0.15, -0.1) is 0 Å². The van der Waals surface area contributed by atoms with Crippen molar-refractivity contribution in [3.8, 4) is 34.3 Å². The Hall–Kier alpha value is -3.14. The summed E-state index contributed by atoms with van der Waals surface area (Å²) in [6, 6.07) is 17.4. The molecule has 0 fully saturated rings. The van der Waals surface area contributed by atoms with Crippen LogP contribution in [-0.2, 0) is 0 Å². The lowest BCUT2D eigenvalue weighted by molar-refractivity contribution is 0.575. The van der Waals surface area contributed by atoms with Crippen LogP contribution in [0.1, 0.15) is 5.56 Å². The maximum Gasteiger partial charge on any atom is 0.160 e. The van der Waals surface area contributed by atoms with Crippen molar-refractivity contribution in [1.29, 1.82) is 0 Å². The van der Waals surface area contributed by atoms with E-state index in [-0.39, 0.29) is 0 Å². The molecular formula is C19H14N2O2. The van der Waals surface area contributed by atoms with Gasteiger partial charge in [0, 0.05) is 11.1 Å². The summed E-state index contributed by atoms with van der Waals surface area (Å²) in [7, 11) is 0. The predicted octanol–water partition coefficient (Wildman–Crippen LogP) is 4.97. The zero-order chi connectivity index (χ0) is 15.6. The molecule has 0 aliphatic heterocycles. The first-order valence-electron chi connectivity index (χ1n) is 7.35. The van der Waals surface area contributed by atoms with Gasteiger partial charge in [-0.3, -0.25) is 0 Å². The van der Waals surface area contributed by atoms with Gasteiger partial charge in [-0.1, -0.05) is 30.3 Å². The van der Waals surface area contributed by atoms with Crippen LogP contribution in [0.25, 0.3) is 34.3 Å². The number of hydrogen-bond donors (Lipinski definition) is 0. The maximum atomic E-state index is 5.54. The Morgan fingerprint density at radius 3 is 1.74 bits per heavy atom. The van der Waals surface area contributed by atoms with Crippen molar-refractivity contribution in [2.75, 3.05) is 0 Å². The van der Waals surface area contributed by atoms with Crippen molar-refractivity contribution in [2.24, 2.45) is 0 Å². The lowest BCUT2D eigenvalue weighted by atomic mass is 10.1. The van der Waals surface area contributed by atoms with E-state index in [1.165, 1.54) is 0 Å². The Kier molecular flexibility index (Phi) is 3.27. The molecule has 3 heterocycles. The first-order valence-corrected chi connectivity index (χ1v) is 7.35. The number of furan rings is 2. The number of nitrogens with zero attached hydrogens (tertiary/aromatic N) is 2. The molecule has 0 atom stereocenters. The van der Waals surface area contributed by atoms with E-state index in [1.54, 1.807) is 12.5 Å². The largest absolute Gasteiger partial charge is 0.463 e. The Morgan fingerprint density at radius 1 is 0.696 bits per heavy atom. The highest BCUT2D eigenvalue weighted by Crippen LogP contribution is 2.32. The first kappa shape index (κ1) is 13.5. The minimum absolute atomic E-state index is 0.647. The molecule has 0 radical (unpaired) electrons. The third-order valence-electron chi connectivity index (χ3n) is 3.69. The molecule has 3 aromatic heterocycles. The maximum absolute atomic E-state index is 5.54. The molecule has 0 unspecified atom stereocenters. The van der Waals surface area contributed by atoms with Crippen molar-refractivity contribution in [2.45, 2.75) is 6.92 Å². The van der Waals surface area contributed by atoms with Crippen molar-refractivity contribution >= 4 is 0 Å². The number of aromatic nitrogens is 2. The molecule has 4 nitrogen and oxygen atoms in total. The average Bonchev–Trinajstić information content (AvgIpc) is 3.30. The van der Waals surface area contributed by atoms with Crippen LogP contribution in [0.15, 0.2) is 76.0 Å². The predicted molar refractivity (Wildman–Crippen MR) is 87.6 cm³/mol. The topological polar surface area (TPSA) is 52.1 Å². The van der Waals surface area contributed by atoms with Gasteiger partial charge in [-0.05, 0) is 31.2 Å². The number of hydrogen-bond acceptors (Lipinski definition) is 4. The smallest absolute Gasteiger partial charge is 0.160 e. The van der Waals surface area contributed by atoms with Crippen molar-refractivity contribution < 1.29 is 8.83 Å². The van der Waals surface area contributed by atoms with Gasteiger partial charge in [-0.2, -0.15) is 0 Å². The van der Waals surface area contributed by atoms with Crippen molar-refractivity contribution in [3.05, 3.63) is 72.7 Å². The van der Waals surface area contributed by atoms with Gasteiger partial charge in [0.15, 0.2) is 17.3 Å². The molecule has 4 rings (SSSR count). The SMILES string of the molecule is Cc1c(-c2ccco2)nc(-c2ccccc2)nc1-c1ccco1. The lowest BCUT2D eigenvalue weighted by Crippen LogP contribution is -1.99. The van der Waals surface area contributed by atoms with Crippen LogP contribution in [0.4, 0.5) is 0 Å². The third-order valence-corrected chi connectivity index (χ3v) is 3.69. The van der Waals surface area contributed by atoms with Crippen LogP contribution >= 0.6 is 0 Å². The van der Waals surface area contributed by atoms with Gasteiger partial charge in [0.1, 0.15) is 11.4 Å². The fourth-order valence-electron chi connectivity index (χ4n) is 2.54. The number of benzene rings is 1. The molecule has 0 aliphatic rings. The Morgan fingerprint density at radius 2 is 1.26 bits per heavy atom. The fraction of sp³-hybridized carbons (Fsp3) is 0.0526. The second kappa shape index (κ2) is 5.57. The molecule has 0 N–H and O–H groups in total. The van der Waals surface area contributed by atoms with E-state index in [0.29, 0.717) is 5.82 Å². The lowest BCUT2D eigenvalue weighted by Gasteiger charge is -2.10. The van der Waals surface area contributed by atoms with E-state index in [9.17, 15) is 0 Å². The van der Waals surface area contributed by atoms with Gasteiger partial charge < -0.3 is 8.83 Å². The molecule has 4 heteroatoms. The molecule has 0 saturated carbocycles. The summed E-state index contributed by atoms with van der Waals surface area (Å²) in [5, 5.41) is 0. The molecule has 1 aromatic carbocycles. The highest BCUT2D eigenvalue weighted by atomic mass is 16.3. The van der Waals surface area contributed by atoms with Gasteiger partial charge in [0.2, 0.25) is 0 Å². The molecule has 0 bridgehead atoms. The van der Waals surface area contributed by atoms with Gasteiger partial charge >= 0.3 is 0 Å². The molecule has 0 spiro atoms. The Bertz CT molecular complexity index is 856. The highest BCUT2D eigenvalue weighted by molar-refractivity contribution is 5.72. The molecule has 0 amide bonds. The second-order valence-electron chi connectivity index (χ2n) is 5.19. The molecule has 0 saturated heterocycles. The van der Waals surface area contributed by atoms with E-state index < -0.39 is 0 Å². The molecular weight excluding hydrogens is 288 g/mol. The van der Waals surface area contributed by atoms with Crippen LogP contribution < -0.4 is 0 Å². The van der Waals surface area contributed by atoms with Gasteiger partial charge in [0.25, 0.3) is 0 Å². The quantitative estimate of drug-likeness (QED) is 0.536. The molecule has 112 valence electrons. The average molecular weight is 302 g/mol. The second-order valence-corrected chi connectivity index (χ2v) is 5.19. The fourth-order valence-corrected chi connectivity index (χ4v) is 2.54. The normalized spacial score (nSPS) is 10.8. The summed E-state index contributed by atoms with van der Waals surface area (Å²) in [6.45, 7) is 1.98. The molecule has 0 aliphatic carbocycles. The number of rotatable bonds is 3. The monoisotopic (exact) mass is 302 g/mol. The van der Waals surface area contributed by atoms with Crippen LogP contribution in [0.5, 0.6) is 0 Å². The molecule has 23 heavy (non-hydrogen) atoms. The van der Waals surface area contributed by atoms with E-state index in [4.69, 9.17) is 18.8 Å². The minimum atomic E-state index is 0.647. The van der Waals surface area contributed by atoms with Crippen molar-refractivity contribution in [3.63, 3.8) is 0 Å².